The predicted molar refractivity (Wildman–Crippen MR) is 91.0 cm³/mol. The Morgan fingerprint density at radius 3 is 2.79 bits per heavy atom. The van der Waals surface area contributed by atoms with E-state index >= 15 is 0 Å². The predicted octanol–water partition coefficient (Wildman–Crippen LogP) is 3.81. The van der Waals surface area contributed by atoms with Crippen molar-refractivity contribution in [2.24, 2.45) is 0 Å². The smallest absolute Gasteiger partial charge is 0.261 e. The van der Waals surface area contributed by atoms with Crippen LogP contribution in [0.3, 0.4) is 0 Å². The van der Waals surface area contributed by atoms with E-state index in [1.807, 2.05) is 18.2 Å². The molecule has 1 aliphatic heterocycles. The van der Waals surface area contributed by atoms with Crippen LogP contribution in [-0.4, -0.2) is 18.8 Å². The highest BCUT2D eigenvalue weighted by Gasteiger charge is 2.17. The van der Waals surface area contributed by atoms with Gasteiger partial charge in [-0.1, -0.05) is 29.3 Å². The van der Waals surface area contributed by atoms with Crippen molar-refractivity contribution in [3.63, 3.8) is 0 Å². The zero-order chi connectivity index (χ0) is 17.1. The number of hydrogen-bond donors (Lipinski definition) is 1. The lowest BCUT2D eigenvalue weighted by Gasteiger charge is -2.16. The molecule has 126 valence electrons. The highest BCUT2D eigenvalue weighted by atomic mass is 35.5. The summed E-state index contributed by atoms with van der Waals surface area (Å²) in [4.78, 5) is 12.2. The van der Waals surface area contributed by atoms with Gasteiger partial charge in [-0.15, -0.1) is 0 Å². The molecule has 1 atom stereocenters. The molecule has 5 nitrogen and oxygen atoms in total. The standard InChI is InChI=1S/C17H15Cl2NO4/c1-10(24-14-5-3-12(18)7-13(14)19)17(21)20-8-11-2-4-15-16(6-11)23-9-22-15/h2-7,10H,8-9H2,1H3,(H,20,21). The van der Waals surface area contributed by atoms with Crippen LogP contribution in [0.5, 0.6) is 17.2 Å². The lowest BCUT2D eigenvalue weighted by molar-refractivity contribution is -0.127. The number of carbonyl (C=O) groups is 1. The van der Waals surface area contributed by atoms with E-state index in [1.165, 1.54) is 0 Å². The molecular weight excluding hydrogens is 353 g/mol. The zero-order valence-corrected chi connectivity index (χ0v) is 14.4. The summed E-state index contributed by atoms with van der Waals surface area (Å²) in [6, 6.07) is 10.4. The third-order valence-corrected chi connectivity index (χ3v) is 4.00. The van der Waals surface area contributed by atoms with Gasteiger partial charge in [0.1, 0.15) is 5.75 Å². The number of nitrogens with one attached hydrogen (secondary N) is 1. The number of benzene rings is 2. The largest absolute Gasteiger partial charge is 0.479 e. The van der Waals surface area contributed by atoms with E-state index in [-0.39, 0.29) is 12.7 Å². The Morgan fingerprint density at radius 1 is 1.21 bits per heavy atom. The Hall–Kier alpha value is -2.11. The molecule has 0 saturated heterocycles. The van der Waals surface area contributed by atoms with Gasteiger partial charge in [0.25, 0.3) is 5.91 Å². The van der Waals surface area contributed by atoms with Crippen LogP contribution in [-0.2, 0) is 11.3 Å². The Balaban J connectivity index is 1.56. The quantitative estimate of drug-likeness (QED) is 0.872. The van der Waals surface area contributed by atoms with E-state index in [1.54, 1.807) is 25.1 Å². The van der Waals surface area contributed by atoms with E-state index in [9.17, 15) is 4.79 Å². The minimum atomic E-state index is -0.697. The first-order valence-corrected chi connectivity index (χ1v) is 8.06. The van der Waals surface area contributed by atoms with Gasteiger partial charge in [0.05, 0.1) is 5.02 Å². The van der Waals surface area contributed by atoms with Crippen molar-refractivity contribution in [3.05, 3.63) is 52.0 Å². The molecule has 2 aromatic rings. The number of ether oxygens (including phenoxy) is 3. The van der Waals surface area contributed by atoms with Crippen LogP contribution >= 0.6 is 23.2 Å². The summed E-state index contributed by atoms with van der Waals surface area (Å²) < 4.78 is 16.1. The number of rotatable bonds is 5. The molecule has 0 bridgehead atoms. The van der Waals surface area contributed by atoms with Crippen LogP contribution < -0.4 is 19.5 Å². The van der Waals surface area contributed by atoms with Crippen LogP contribution in [0.1, 0.15) is 12.5 Å². The lowest BCUT2D eigenvalue weighted by Crippen LogP contribution is -2.35. The van der Waals surface area contributed by atoms with Crippen molar-refractivity contribution in [2.45, 2.75) is 19.6 Å². The molecular formula is C17H15Cl2NO4. The van der Waals surface area contributed by atoms with Gasteiger partial charge in [-0.2, -0.15) is 0 Å². The first-order chi connectivity index (χ1) is 11.5. The van der Waals surface area contributed by atoms with Gasteiger partial charge in [0.2, 0.25) is 6.79 Å². The molecule has 0 aromatic heterocycles. The summed E-state index contributed by atoms with van der Waals surface area (Å²) in [6.07, 6.45) is -0.697. The average Bonchev–Trinajstić information content (AvgIpc) is 3.02. The maximum atomic E-state index is 12.2. The molecule has 1 aliphatic rings. The summed E-state index contributed by atoms with van der Waals surface area (Å²) in [5, 5.41) is 3.68. The fourth-order valence-electron chi connectivity index (χ4n) is 2.20. The van der Waals surface area contributed by atoms with Crippen LogP contribution in [0.2, 0.25) is 10.0 Å². The number of hydrogen-bond acceptors (Lipinski definition) is 4. The molecule has 1 amide bonds. The number of amides is 1. The fraction of sp³-hybridized carbons (Fsp3) is 0.235. The first kappa shape index (κ1) is 16.7. The molecule has 0 aliphatic carbocycles. The molecule has 1 N–H and O–H groups in total. The van der Waals surface area contributed by atoms with Crippen LogP contribution in [0.4, 0.5) is 0 Å². The van der Waals surface area contributed by atoms with Crippen molar-refractivity contribution in [1.29, 1.82) is 0 Å². The Bertz CT molecular complexity index is 766. The molecule has 3 rings (SSSR count). The molecule has 1 unspecified atom stereocenters. The maximum Gasteiger partial charge on any atom is 0.261 e. The minimum Gasteiger partial charge on any atom is -0.479 e. The molecule has 0 spiro atoms. The topological polar surface area (TPSA) is 56.8 Å². The second kappa shape index (κ2) is 7.20. The summed E-state index contributed by atoms with van der Waals surface area (Å²) >= 11 is 11.9. The number of carbonyl (C=O) groups excluding carboxylic acids is 1. The highest BCUT2D eigenvalue weighted by Crippen LogP contribution is 2.32. The van der Waals surface area contributed by atoms with Crippen LogP contribution in [0.25, 0.3) is 0 Å². The Labute approximate surface area is 149 Å². The van der Waals surface area contributed by atoms with E-state index in [4.69, 9.17) is 37.4 Å². The summed E-state index contributed by atoms with van der Waals surface area (Å²) in [6.45, 7) is 2.23. The monoisotopic (exact) mass is 367 g/mol. The Kier molecular flexibility index (Phi) is 5.02. The summed E-state index contributed by atoms with van der Waals surface area (Å²) in [5.41, 5.74) is 0.907. The fourth-order valence-corrected chi connectivity index (χ4v) is 2.65. The third-order valence-electron chi connectivity index (χ3n) is 3.47. The molecule has 0 saturated carbocycles. The number of fused-ring (bicyclic) bond motifs is 1. The number of halogens is 2. The van der Waals surface area contributed by atoms with Crippen LogP contribution in [0, 0.1) is 0 Å². The maximum absolute atomic E-state index is 12.2. The molecule has 1 heterocycles. The third kappa shape index (κ3) is 3.86. The van der Waals surface area contributed by atoms with Gasteiger partial charge >= 0.3 is 0 Å². The van der Waals surface area contributed by atoms with Crippen LogP contribution in [0.15, 0.2) is 36.4 Å². The molecule has 24 heavy (non-hydrogen) atoms. The van der Waals surface area contributed by atoms with Gasteiger partial charge in [-0.25, -0.2) is 0 Å². The SMILES string of the molecule is CC(Oc1ccc(Cl)cc1Cl)C(=O)NCc1ccc2c(c1)OCO2. The second-order valence-electron chi connectivity index (χ2n) is 5.24. The lowest BCUT2D eigenvalue weighted by atomic mass is 10.2. The van der Waals surface area contributed by atoms with Gasteiger partial charge in [-0.05, 0) is 42.8 Å². The molecule has 0 radical (unpaired) electrons. The van der Waals surface area contributed by atoms with Crippen molar-refractivity contribution < 1.29 is 19.0 Å². The molecule has 7 heteroatoms. The average molecular weight is 368 g/mol. The van der Waals surface area contributed by atoms with Crippen molar-refractivity contribution >= 4 is 29.1 Å². The Morgan fingerprint density at radius 2 is 2.00 bits per heavy atom. The zero-order valence-electron chi connectivity index (χ0n) is 12.8. The van der Waals surface area contributed by atoms with Gasteiger partial charge < -0.3 is 19.5 Å². The van der Waals surface area contributed by atoms with E-state index in [2.05, 4.69) is 5.32 Å². The van der Waals surface area contributed by atoms with Crippen molar-refractivity contribution in [3.8, 4) is 17.2 Å². The van der Waals surface area contributed by atoms with E-state index < -0.39 is 6.10 Å². The summed E-state index contributed by atoms with van der Waals surface area (Å²) in [7, 11) is 0. The van der Waals surface area contributed by atoms with E-state index in [0.29, 0.717) is 33.8 Å². The molecule has 0 fully saturated rings. The first-order valence-electron chi connectivity index (χ1n) is 7.31. The van der Waals surface area contributed by atoms with Gasteiger partial charge in [0.15, 0.2) is 17.6 Å². The molecule has 2 aromatic carbocycles. The van der Waals surface area contributed by atoms with Gasteiger partial charge in [0, 0.05) is 11.6 Å². The normalized spacial score (nSPS) is 13.5. The van der Waals surface area contributed by atoms with Gasteiger partial charge in [-0.3, -0.25) is 4.79 Å². The van der Waals surface area contributed by atoms with E-state index in [0.717, 1.165) is 5.56 Å². The van der Waals surface area contributed by atoms with Crippen molar-refractivity contribution in [2.75, 3.05) is 6.79 Å². The minimum absolute atomic E-state index is 0.220. The highest BCUT2D eigenvalue weighted by molar-refractivity contribution is 6.35. The summed E-state index contributed by atoms with van der Waals surface area (Å²) in [5.74, 6) is 1.55. The second-order valence-corrected chi connectivity index (χ2v) is 6.08. The van der Waals surface area contributed by atoms with Crippen molar-refractivity contribution in [1.82, 2.24) is 5.32 Å².